The second-order valence-corrected chi connectivity index (χ2v) is 5.24. The first-order valence-corrected chi connectivity index (χ1v) is 7.62. The third-order valence-corrected chi connectivity index (χ3v) is 3.46. The maximum atomic E-state index is 12.5. The molecule has 6 heteroatoms. The van der Waals surface area contributed by atoms with E-state index < -0.39 is 0 Å². The number of rotatable bonds is 6. The van der Waals surface area contributed by atoms with Crippen LogP contribution in [0.4, 0.5) is 11.4 Å². The molecular formula is C19H15N3O3. The molecule has 0 aliphatic rings. The maximum absolute atomic E-state index is 12.5. The molecule has 3 rings (SSSR count). The van der Waals surface area contributed by atoms with Crippen molar-refractivity contribution in [1.29, 1.82) is 0 Å². The van der Waals surface area contributed by atoms with Gasteiger partial charge in [0, 0.05) is 6.20 Å². The Morgan fingerprint density at radius 2 is 1.96 bits per heavy atom. The minimum atomic E-state index is -0.285. The number of aromatic nitrogens is 1. The Bertz CT molecular complexity index is 882. The predicted molar refractivity (Wildman–Crippen MR) is 94.9 cm³/mol. The van der Waals surface area contributed by atoms with Gasteiger partial charge < -0.3 is 10.1 Å². The van der Waals surface area contributed by atoms with E-state index >= 15 is 0 Å². The zero-order chi connectivity index (χ0) is 17.5. The SMILES string of the molecule is O=Nc1cccc(COc2ccccc2C(=O)Nc2cccnc2)c1. The largest absolute Gasteiger partial charge is 0.488 e. The number of nitrogens with zero attached hydrogens (tertiary/aromatic N) is 2. The average Bonchev–Trinajstić information content (AvgIpc) is 2.67. The van der Waals surface area contributed by atoms with Crippen LogP contribution >= 0.6 is 0 Å². The number of amides is 1. The van der Waals surface area contributed by atoms with E-state index in [4.69, 9.17) is 4.74 Å². The van der Waals surface area contributed by atoms with Gasteiger partial charge in [-0.15, -0.1) is 4.91 Å². The number of nitroso groups, excluding NO2 is 1. The average molecular weight is 333 g/mol. The highest BCUT2D eigenvalue weighted by atomic mass is 16.5. The number of benzene rings is 2. The van der Waals surface area contributed by atoms with E-state index in [0.717, 1.165) is 5.56 Å². The van der Waals surface area contributed by atoms with Gasteiger partial charge in [-0.05, 0) is 47.1 Å². The Morgan fingerprint density at radius 1 is 1.08 bits per heavy atom. The van der Waals surface area contributed by atoms with Gasteiger partial charge in [0.2, 0.25) is 0 Å². The fourth-order valence-corrected chi connectivity index (χ4v) is 2.28. The predicted octanol–water partition coefficient (Wildman–Crippen LogP) is 4.31. The highest BCUT2D eigenvalue weighted by Gasteiger charge is 2.12. The molecule has 25 heavy (non-hydrogen) atoms. The Morgan fingerprint density at radius 3 is 2.76 bits per heavy atom. The molecule has 0 saturated carbocycles. The fraction of sp³-hybridized carbons (Fsp3) is 0.0526. The van der Waals surface area contributed by atoms with Gasteiger partial charge in [0.1, 0.15) is 18.0 Å². The van der Waals surface area contributed by atoms with Gasteiger partial charge in [-0.1, -0.05) is 24.3 Å². The lowest BCUT2D eigenvalue weighted by Crippen LogP contribution is -2.13. The summed E-state index contributed by atoms with van der Waals surface area (Å²) in [5.74, 6) is 0.167. The van der Waals surface area contributed by atoms with Gasteiger partial charge in [-0.3, -0.25) is 9.78 Å². The Labute approximate surface area is 144 Å². The lowest BCUT2D eigenvalue weighted by molar-refractivity contribution is 0.102. The van der Waals surface area contributed by atoms with Crippen molar-refractivity contribution in [3.8, 4) is 5.75 Å². The van der Waals surface area contributed by atoms with E-state index in [0.29, 0.717) is 22.7 Å². The summed E-state index contributed by atoms with van der Waals surface area (Å²) in [5, 5.41) is 5.68. The summed E-state index contributed by atoms with van der Waals surface area (Å²) in [6.45, 7) is 0.223. The number of carbonyl (C=O) groups excluding carboxylic acids is 1. The van der Waals surface area contributed by atoms with Crippen LogP contribution in [0.1, 0.15) is 15.9 Å². The summed E-state index contributed by atoms with van der Waals surface area (Å²) in [6, 6.07) is 17.3. The molecule has 6 nitrogen and oxygen atoms in total. The van der Waals surface area contributed by atoms with Gasteiger partial charge in [-0.25, -0.2) is 0 Å². The number of carbonyl (C=O) groups is 1. The summed E-state index contributed by atoms with van der Waals surface area (Å²) in [4.78, 5) is 27.0. The molecule has 0 unspecified atom stereocenters. The second kappa shape index (κ2) is 7.83. The first kappa shape index (κ1) is 16.3. The van der Waals surface area contributed by atoms with Crippen LogP contribution in [0, 0.1) is 4.91 Å². The molecule has 0 aliphatic carbocycles. The normalized spacial score (nSPS) is 10.1. The molecule has 0 atom stereocenters. The van der Waals surface area contributed by atoms with E-state index in [-0.39, 0.29) is 12.5 Å². The lowest BCUT2D eigenvalue weighted by atomic mass is 10.1. The summed E-state index contributed by atoms with van der Waals surface area (Å²) in [5.41, 5.74) is 2.14. The first-order chi connectivity index (χ1) is 12.3. The van der Waals surface area contributed by atoms with E-state index in [2.05, 4.69) is 15.5 Å². The molecule has 0 aliphatic heterocycles. The molecule has 1 heterocycles. The number of para-hydroxylation sites is 1. The van der Waals surface area contributed by atoms with Crippen molar-refractivity contribution in [1.82, 2.24) is 4.98 Å². The molecule has 1 N–H and O–H groups in total. The minimum Gasteiger partial charge on any atom is -0.488 e. The standard InChI is InChI=1S/C19H15N3O3/c23-19(21-16-7-4-10-20-12-16)17-8-1-2-9-18(17)25-13-14-5-3-6-15(11-14)22-24/h1-12H,13H2,(H,21,23). The Kier molecular flexibility index (Phi) is 5.11. The third kappa shape index (κ3) is 4.26. The molecule has 1 aromatic heterocycles. The topological polar surface area (TPSA) is 80.6 Å². The van der Waals surface area contributed by atoms with E-state index in [1.54, 1.807) is 67.0 Å². The monoisotopic (exact) mass is 333 g/mol. The molecule has 0 saturated heterocycles. The molecule has 0 radical (unpaired) electrons. The molecule has 0 fully saturated rings. The molecule has 2 aromatic carbocycles. The van der Waals surface area contributed by atoms with Crippen molar-refractivity contribution < 1.29 is 9.53 Å². The Hall–Kier alpha value is -3.54. The number of ether oxygens (including phenoxy) is 1. The zero-order valence-corrected chi connectivity index (χ0v) is 13.3. The van der Waals surface area contributed by atoms with Crippen LogP contribution < -0.4 is 10.1 Å². The minimum absolute atomic E-state index is 0.223. The molecule has 124 valence electrons. The van der Waals surface area contributed by atoms with Crippen LogP contribution in [-0.2, 0) is 6.61 Å². The van der Waals surface area contributed by atoms with Gasteiger partial charge in [0.15, 0.2) is 0 Å². The van der Waals surface area contributed by atoms with Gasteiger partial charge in [-0.2, -0.15) is 0 Å². The number of pyridine rings is 1. The van der Waals surface area contributed by atoms with Crippen LogP contribution in [0.5, 0.6) is 5.75 Å². The lowest BCUT2D eigenvalue weighted by Gasteiger charge is -2.12. The van der Waals surface area contributed by atoms with Crippen molar-refractivity contribution in [3.63, 3.8) is 0 Å². The van der Waals surface area contributed by atoms with E-state index in [1.165, 1.54) is 0 Å². The van der Waals surface area contributed by atoms with Crippen molar-refractivity contribution in [3.05, 3.63) is 89.1 Å². The molecular weight excluding hydrogens is 318 g/mol. The molecule has 0 spiro atoms. The number of nitrogens with one attached hydrogen (secondary N) is 1. The summed E-state index contributed by atoms with van der Waals surface area (Å²) in [7, 11) is 0. The van der Waals surface area contributed by atoms with Crippen LogP contribution in [-0.4, -0.2) is 10.9 Å². The third-order valence-electron chi connectivity index (χ3n) is 3.46. The van der Waals surface area contributed by atoms with Crippen molar-refractivity contribution >= 4 is 17.3 Å². The van der Waals surface area contributed by atoms with Crippen molar-refractivity contribution in [2.75, 3.05) is 5.32 Å². The number of hydrogen-bond acceptors (Lipinski definition) is 5. The highest BCUT2D eigenvalue weighted by Crippen LogP contribution is 2.22. The summed E-state index contributed by atoms with van der Waals surface area (Å²) >= 11 is 0. The van der Waals surface area contributed by atoms with E-state index in [9.17, 15) is 9.70 Å². The summed E-state index contributed by atoms with van der Waals surface area (Å²) in [6.07, 6.45) is 3.20. The smallest absolute Gasteiger partial charge is 0.259 e. The van der Waals surface area contributed by atoms with Gasteiger partial charge >= 0.3 is 0 Å². The summed E-state index contributed by atoms with van der Waals surface area (Å²) < 4.78 is 5.76. The molecule has 1 amide bonds. The van der Waals surface area contributed by atoms with Gasteiger partial charge in [0.05, 0.1) is 17.4 Å². The quantitative estimate of drug-likeness (QED) is 0.682. The Balaban J connectivity index is 1.74. The van der Waals surface area contributed by atoms with Crippen LogP contribution in [0.2, 0.25) is 0 Å². The van der Waals surface area contributed by atoms with E-state index in [1.807, 2.05) is 6.07 Å². The maximum Gasteiger partial charge on any atom is 0.259 e. The van der Waals surface area contributed by atoms with Crippen molar-refractivity contribution in [2.24, 2.45) is 5.18 Å². The molecule has 3 aromatic rings. The highest BCUT2D eigenvalue weighted by molar-refractivity contribution is 6.06. The van der Waals surface area contributed by atoms with Crippen LogP contribution in [0.25, 0.3) is 0 Å². The number of hydrogen-bond donors (Lipinski definition) is 1. The second-order valence-electron chi connectivity index (χ2n) is 5.24. The zero-order valence-electron chi connectivity index (χ0n) is 13.3. The van der Waals surface area contributed by atoms with Gasteiger partial charge in [0.25, 0.3) is 5.91 Å². The van der Waals surface area contributed by atoms with Crippen LogP contribution in [0.15, 0.2) is 78.2 Å². The number of anilines is 1. The first-order valence-electron chi connectivity index (χ1n) is 7.62. The molecule has 0 bridgehead atoms. The van der Waals surface area contributed by atoms with Crippen molar-refractivity contribution in [2.45, 2.75) is 6.61 Å². The van der Waals surface area contributed by atoms with Crippen LogP contribution in [0.3, 0.4) is 0 Å². The fourth-order valence-electron chi connectivity index (χ4n) is 2.28.